The highest BCUT2D eigenvalue weighted by Gasteiger charge is 2.33. The standard InChI is InChI=1S/C13H19N3O4/c1-13(2,3)20-12(19)15-6-4-9(8-15)10-14-5-7-16(10)11(17)18/h5,7,9H,4,6,8H2,1-3H3,(H,17,18)/t9-/m0/s1. The van der Waals surface area contributed by atoms with E-state index in [-0.39, 0.29) is 12.0 Å². The van der Waals surface area contributed by atoms with Gasteiger partial charge in [0.25, 0.3) is 0 Å². The molecule has 1 saturated heterocycles. The molecule has 2 rings (SSSR count). The molecular formula is C13H19N3O4. The van der Waals surface area contributed by atoms with Crippen LogP contribution in [0.5, 0.6) is 0 Å². The van der Waals surface area contributed by atoms with Crippen LogP contribution in [0.1, 0.15) is 38.9 Å². The summed E-state index contributed by atoms with van der Waals surface area (Å²) in [5.74, 6) is 0.400. The number of hydrogen-bond donors (Lipinski definition) is 1. The van der Waals surface area contributed by atoms with Crippen molar-refractivity contribution in [3.8, 4) is 0 Å². The van der Waals surface area contributed by atoms with Crippen LogP contribution in [0.3, 0.4) is 0 Å². The summed E-state index contributed by atoms with van der Waals surface area (Å²) >= 11 is 0. The zero-order valence-electron chi connectivity index (χ0n) is 11.9. The summed E-state index contributed by atoms with van der Waals surface area (Å²) in [6.07, 6.45) is 2.12. The number of likely N-dealkylation sites (tertiary alicyclic amines) is 1. The fourth-order valence-electron chi connectivity index (χ4n) is 2.24. The molecule has 0 bridgehead atoms. The third kappa shape index (κ3) is 3.09. The maximum atomic E-state index is 12.0. The number of rotatable bonds is 1. The summed E-state index contributed by atoms with van der Waals surface area (Å²) in [7, 11) is 0. The predicted molar refractivity (Wildman–Crippen MR) is 70.8 cm³/mol. The predicted octanol–water partition coefficient (Wildman–Crippen LogP) is 2.13. The van der Waals surface area contributed by atoms with E-state index in [1.807, 2.05) is 20.8 Å². The van der Waals surface area contributed by atoms with Gasteiger partial charge >= 0.3 is 12.2 Å². The van der Waals surface area contributed by atoms with Gasteiger partial charge in [-0.1, -0.05) is 0 Å². The Hall–Kier alpha value is -2.05. The van der Waals surface area contributed by atoms with E-state index in [9.17, 15) is 9.59 Å². The Kier molecular flexibility index (Phi) is 3.69. The van der Waals surface area contributed by atoms with Crippen molar-refractivity contribution >= 4 is 12.2 Å². The molecule has 0 spiro atoms. The lowest BCUT2D eigenvalue weighted by molar-refractivity contribution is 0.0292. The largest absolute Gasteiger partial charge is 0.464 e. The SMILES string of the molecule is CC(C)(C)OC(=O)N1CC[C@H](c2nccn2C(=O)O)C1. The molecule has 1 aromatic rings. The van der Waals surface area contributed by atoms with Gasteiger partial charge in [0.05, 0.1) is 0 Å². The quantitative estimate of drug-likeness (QED) is 0.852. The topological polar surface area (TPSA) is 84.7 Å². The van der Waals surface area contributed by atoms with Gasteiger partial charge in [0.15, 0.2) is 0 Å². The Labute approximate surface area is 117 Å². The van der Waals surface area contributed by atoms with Crippen LogP contribution in [-0.4, -0.2) is 50.4 Å². The van der Waals surface area contributed by atoms with Crippen LogP contribution >= 0.6 is 0 Å². The molecule has 0 aromatic carbocycles. The van der Waals surface area contributed by atoms with E-state index in [0.717, 1.165) is 4.57 Å². The Morgan fingerprint density at radius 2 is 2.15 bits per heavy atom. The van der Waals surface area contributed by atoms with E-state index in [4.69, 9.17) is 9.84 Å². The second kappa shape index (κ2) is 5.15. The number of amides is 1. The lowest BCUT2D eigenvalue weighted by Gasteiger charge is -2.24. The Morgan fingerprint density at radius 3 is 2.75 bits per heavy atom. The monoisotopic (exact) mass is 281 g/mol. The molecule has 1 amide bonds. The first-order valence-electron chi connectivity index (χ1n) is 6.52. The van der Waals surface area contributed by atoms with E-state index in [1.165, 1.54) is 12.4 Å². The summed E-state index contributed by atoms with van der Waals surface area (Å²) in [5, 5.41) is 9.06. The van der Waals surface area contributed by atoms with Gasteiger partial charge in [-0.05, 0) is 27.2 Å². The van der Waals surface area contributed by atoms with Crippen LogP contribution in [0.2, 0.25) is 0 Å². The highest BCUT2D eigenvalue weighted by molar-refractivity contribution is 5.70. The molecule has 1 N–H and O–H groups in total. The van der Waals surface area contributed by atoms with Gasteiger partial charge in [-0.15, -0.1) is 0 Å². The summed E-state index contributed by atoms with van der Waals surface area (Å²) in [5.41, 5.74) is -0.533. The van der Waals surface area contributed by atoms with E-state index >= 15 is 0 Å². The minimum atomic E-state index is -1.06. The first-order valence-corrected chi connectivity index (χ1v) is 6.52. The van der Waals surface area contributed by atoms with Gasteiger partial charge in [0.1, 0.15) is 11.4 Å². The Morgan fingerprint density at radius 1 is 1.45 bits per heavy atom. The van der Waals surface area contributed by atoms with Crippen LogP contribution in [0.25, 0.3) is 0 Å². The molecule has 20 heavy (non-hydrogen) atoms. The maximum absolute atomic E-state index is 12.0. The molecule has 2 heterocycles. The van der Waals surface area contributed by atoms with Gasteiger partial charge in [0.2, 0.25) is 0 Å². The lowest BCUT2D eigenvalue weighted by atomic mass is 10.1. The van der Waals surface area contributed by atoms with Gasteiger partial charge in [0, 0.05) is 31.4 Å². The van der Waals surface area contributed by atoms with Crippen molar-refractivity contribution in [2.24, 2.45) is 0 Å². The second-order valence-electron chi connectivity index (χ2n) is 5.85. The van der Waals surface area contributed by atoms with Gasteiger partial charge in [-0.2, -0.15) is 0 Å². The smallest absolute Gasteiger partial charge is 0.417 e. The second-order valence-corrected chi connectivity index (χ2v) is 5.85. The number of carbonyl (C=O) groups is 2. The van der Waals surface area contributed by atoms with E-state index < -0.39 is 11.7 Å². The number of carbonyl (C=O) groups excluding carboxylic acids is 1. The fourth-order valence-corrected chi connectivity index (χ4v) is 2.24. The van der Waals surface area contributed by atoms with Crippen LogP contribution in [-0.2, 0) is 4.74 Å². The Balaban J connectivity index is 2.04. The summed E-state index contributed by atoms with van der Waals surface area (Å²) < 4.78 is 6.41. The average Bonchev–Trinajstić information content (AvgIpc) is 2.95. The molecule has 0 radical (unpaired) electrons. The summed E-state index contributed by atoms with van der Waals surface area (Å²) in [6.45, 7) is 6.42. The number of nitrogens with zero attached hydrogens (tertiary/aromatic N) is 3. The van der Waals surface area contributed by atoms with Crippen LogP contribution in [0.15, 0.2) is 12.4 Å². The van der Waals surface area contributed by atoms with Crippen LogP contribution in [0.4, 0.5) is 9.59 Å². The molecule has 1 aliphatic heterocycles. The third-order valence-corrected chi connectivity index (χ3v) is 3.08. The van der Waals surface area contributed by atoms with Crippen molar-refractivity contribution in [2.75, 3.05) is 13.1 Å². The lowest BCUT2D eigenvalue weighted by Crippen LogP contribution is -2.35. The first-order chi connectivity index (χ1) is 9.28. The molecular weight excluding hydrogens is 262 g/mol. The van der Waals surface area contributed by atoms with Crippen molar-refractivity contribution in [2.45, 2.75) is 38.7 Å². The highest BCUT2D eigenvalue weighted by Crippen LogP contribution is 2.27. The molecule has 1 aromatic heterocycles. The first kappa shape index (κ1) is 14.4. The zero-order chi connectivity index (χ0) is 14.9. The van der Waals surface area contributed by atoms with Crippen molar-refractivity contribution in [1.29, 1.82) is 0 Å². The minimum absolute atomic E-state index is 0.0754. The van der Waals surface area contributed by atoms with Crippen LogP contribution < -0.4 is 0 Å². The van der Waals surface area contributed by atoms with Gasteiger partial charge < -0.3 is 14.7 Å². The fraction of sp³-hybridized carbons (Fsp3) is 0.615. The molecule has 1 atom stereocenters. The molecule has 0 unspecified atom stereocenters. The number of ether oxygens (including phenoxy) is 1. The normalized spacial score (nSPS) is 19.1. The number of hydrogen-bond acceptors (Lipinski definition) is 4. The summed E-state index contributed by atoms with van der Waals surface area (Å²) in [6, 6.07) is 0. The number of aromatic nitrogens is 2. The summed E-state index contributed by atoms with van der Waals surface area (Å²) in [4.78, 5) is 28.7. The van der Waals surface area contributed by atoms with Crippen LogP contribution in [0, 0.1) is 0 Å². The number of carboxylic acid groups (broad SMARTS) is 1. The minimum Gasteiger partial charge on any atom is -0.464 e. The van der Waals surface area contributed by atoms with Gasteiger partial charge in [-0.25, -0.2) is 19.1 Å². The number of imidazole rings is 1. The molecule has 0 saturated carbocycles. The van der Waals surface area contributed by atoms with Crippen molar-refractivity contribution < 1.29 is 19.4 Å². The van der Waals surface area contributed by atoms with E-state index in [1.54, 1.807) is 4.90 Å². The molecule has 1 fully saturated rings. The van der Waals surface area contributed by atoms with Gasteiger partial charge in [-0.3, -0.25) is 0 Å². The Bertz CT molecular complexity index is 518. The van der Waals surface area contributed by atoms with E-state index in [2.05, 4.69) is 4.98 Å². The van der Waals surface area contributed by atoms with Crippen molar-refractivity contribution in [3.63, 3.8) is 0 Å². The maximum Gasteiger partial charge on any atom is 0.417 e. The zero-order valence-corrected chi connectivity index (χ0v) is 11.9. The molecule has 7 nitrogen and oxygen atoms in total. The average molecular weight is 281 g/mol. The molecule has 0 aliphatic carbocycles. The third-order valence-electron chi connectivity index (χ3n) is 3.08. The van der Waals surface area contributed by atoms with Crippen molar-refractivity contribution in [3.05, 3.63) is 18.2 Å². The molecule has 7 heteroatoms. The van der Waals surface area contributed by atoms with Crippen molar-refractivity contribution in [1.82, 2.24) is 14.5 Å². The molecule has 1 aliphatic rings. The molecule has 110 valence electrons. The van der Waals surface area contributed by atoms with E-state index in [0.29, 0.717) is 25.3 Å². The highest BCUT2D eigenvalue weighted by atomic mass is 16.6.